The molecule has 1 aromatic heterocycles. The molecule has 6 heteroatoms. The Morgan fingerprint density at radius 3 is 2.79 bits per heavy atom. The molecule has 0 radical (unpaired) electrons. The smallest absolute Gasteiger partial charge is 0.251 e. The monoisotopic (exact) mass is 345 g/mol. The fourth-order valence-corrected chi connectivity index (χ4v) is 3.14. The van der Waals surface area contributed by atoms with E-state index >= 15 is 0 Å². The number of hydrogen-bond acceptors (Lipinski definition) is 4. The molecule has 1 N–H and O–H groups in total. The summed E-state index contributed by atoms with van der Waals surface area (Å²) in [6, 6.07) is 9.54. The summed E-state index contributed by atoms with van der Waals surface area (Å²) in [7, 11) is 1.79. The third-order valence-electron chi connectivity index (χ3n) is 3.71. The van der Waals surface area contributed by atoms with Crippen LogP contribution >= 0.6 is 11.8 Å². The number of rotatable bonds is 7. The molecule has 0 spiro atoms. The maximum atomic E-state index is 12.3. The van der Waals surface area contributed by atoms with Crippen molar-refractivity contribution in [2.75, 3.05) is 12.8 Å². The van der Waals surface area contributed by atoms with Gasteiger partial charge in [0.25, 0.3) is 5.56 Å². The first-order valence-electron chi connectivity index (χ1n) is 8.01. The summed E-state index contributed by atoms with van der Waals surface area (Å²) < 4.78 is 0. The van der Waals surface area contributed by atoms with E-state index in [2.05, 4.69) is 9.97 Å². The highest BCUT2D eigenvalue weighted by Gasteiger charge is 2.12. The van der Waals surface area contributed by atoms with E-state index < -0.39 is 0 Å². The number of aromatic nitrogens is 2. The topological polar surface area (TPSA) is 66.1 Å². The second-order valence-electron chi connectivity index (χ2n) is 5.76. The van der Waals surface area contributed by atoms with Crippen molar-refractivity contribution >= 4 is 17.7 Å². The van der Waals surface area contributed by atoms with Crippen molar-refractivity contribution in [1.29, 1.82) is 0 Å². The van der Waals surface area contributed by atoms with Crippen LogP contribution in [0.15, 0.2) is 40.3 Å². The van der Waals surface area contributed by atoms with E-state index in [1.165, 1.54) is 23.4 Å². The zero-order valence-corrected chi connectivity index (χ0v) is 15.2. The van der Waals surface area contributed by atoms with E-state index in [0.29, 0.717) is 11.7 Å². The molecular weight excluding hydrogens is 322 g/mol. The van der Waals surface area contributed by atoms with Crippen molar-refractivity contribution in [3.05, 3.63) is 57.5 Å². The summed E-state index contributed by atoms with van der Waals surface area (Å²) in [5.41, 5.74) is 2.90. The Kier molecular flexibility index (Phi) is 6.61. The molecule has 0 fully saturated rings. The number of hydrogen-bond donors (Lipinski definition) is 1. The lowest BCUT2D eigenvalue weighted by Gasteiger charge is -2.18. The van der Waals surface area contributed by atoms with Gasteiger partial charge in [0.2, 0.25) is 5.91 Å². The minimum absolute atomic E-state index is 0.00629. The predicted molar refractivity (Wildman–Crippen MR) is 97.2 cm³/mol. The summed E-state index contributed by atoms with van der Waals surface area (Å²) in [6.07, 6.45) is 1.69. The van der Waals surface area contributed by atoms with Crippen LogP contribution in [0.1, 0.15) is 30.2 Å². The van der Waals surface area contributed by atoms with Crippen LogP contribution in [0.25, 0.3) is 0 Å². The number of amides is 1. The number of carbonyl (C=O) groups excluding carboxylic acids is 1. The summed E-state index contributed by atoms with van der Waals surface area (Å²) in [5.74, 6) is 0.257. The van der Waals surface area contributed by atoms with Gasteiger partial charge in [-0.1, -0.05) is 49.4 Å². The Morgan fingerprint density at radius 1 is 1.33 bits per heavy atom. The Balaban J connectivity index is 1.95. The molecule has 0 aliphatic rings. The van der Waals surface area contributed by atoms with Gasteiger partial charge in [0, 0.05) is 25.4 Å². The molecule has 2 rings (SSSR count). The lowest BCUT2D eigenvalue weighted by molar-refractivity contribution is -0.127. The van der Waals surface area contributed by atoms with Crippen molar-refractivity contribution in [2.45, 2.75) is 38.4 Å². The zero-order valence-electron chi connectivity index (χ0n) is 14.3. The molecule has 2 aromatic rings. The van der Waals surface area contributed by atoms with Crippen LogP contribution in [-0.2, 0) is 17.8 Å². The standard InChI is InChI=1S/C18H23N3O2S/c1-4-7-15-10-16(22)20-18(19-15)24-12-17(23)21(3)11-14-9-6-5-8-13(14)2/h5-6,8-10H,4,7,11-12H2,1-3H3,(H,19,20,22). The largest absolute Gasteiger partial charge is 0.341 e. The summed E-state index contributed by atoms with van der Waals surface area (Å²) in [4.78, 5) is 32.7. The number of nitrogens with zero attached hydrogens (tertiary/aromatic N) is 2. The SMILES string of the molecule is CCCc1cc(=O)[nH]c(SCC(=O)N(C)Cc2ccccc2C)n1. The van der Waals surface area contributed by atoms with Gasteiger partial charge in [-0.15, -0.1) is 0 Å². The highest BCUT2D eigenvalue weighted by molar-refractivity contribution is 7.99. The highest BCUT2D eigenvalue weighted by Crippen LogP contribution is 2.14. The first-order valence-corrected chi connectivity index (χ1v) is 8.99. The van der Waals surface area contributed by atoms with Gasteiger partial charge in [0.1, 0.15) is 0 Å². The Bertz CT molecular complexity index is 758. The second-order valence-corrected chi connectivity index (χ2v) is 6.72. The van der Waals surface area contributed by atoms with Gasteiger partial charge in [0.15, 0.2) is 5.16 Å². The fourth-order valence-electron chi connectivity index (χ4n) is 2.31. The van der Waals surface area contributed by atoms with Crippen molar-refractivity contribution in [3.63, 3.8) is 0 Å². The van der Waals surface area contributed by atoms with E-state index in [1.807, 2.05) is 38.1 Å². The molecule has 0 saturated carbocycles. The second kappa shape index (κ2) is 8.68. The highest BCUT2D eigenvalue weighted by atomic mass is 32.2. The predicted octanol–water partition coefficient (Wildman–Crippen LogP) is 2.78. The van der Waals surface area contributed by atoms with Gasteiger partial charge in [-0.3, -0.25) is 9.59 Å². The molecule has 128 valence electrons. The van der Waals surface area contributed by atoms with Crippen molar-refractivity contribution in [2.24, 2.45) is 0 Å². The van der Waals surface area contributed by atoms with Crippen LogP contribution in [0.4, 0.5) is 0 Å². The molecule has 0 aliphatic heterocycles. The van der Waals surface area contributed by atoms with Crippen LogP contribution in [0.5, 0.6) is 0 Å². The summed E-state index contributed by atoms with van der Waals surface area (Å²) in [6.45, 7) is 4.65. The number of carbonyl (C=O) groups is 1. The van der Waals surface area contributed by atoms with Gasteiger partial charge in [-0.2, -0.15) is 0 Å². The Morgan fingerprint density at radius 2 is 2.08 bits per heavy atom. The first-order chi connectivity index (χ1) is 11.5. The molecule has 0 atom stereocenters. The van der Waals surface area contributed by atoms with Crippen LogP contribution in [0.3, 0.4) is 0 Å². The van der Waals surface area contributed by atoms with E-state index in [9.17, 15) is 9.59 Å². The maximum absolute atomic E-state index is 12.3. The molecule has 1 heterocycles. The average molecular weight is 345 g/mol. The molecule has 24 heavy (non-hydrogen) atoms. The van der Waals surface area contributed by atoms with E-state index in [-0.39, 0.29) is 17.2 Å². The summed E-state index contributed by atoms with van der Waals surface area (Å²) >= 11 is 1.27. The molecule has 0 aliphatic carbocycles. The van der Waals surface area contributed by atoms with Crippen LogP contribution in [0.2, 0.25) is 0 Å². The van der Waals surface area contributed by atoms with E-state index in [0.717, 1.165) is 24.1 Å². The normalized spacial score (nSPS) is 10.6. The lowest BCUT2D eigenvalue weighted by Crippen LogP contribution is -2.28. The average Bonchev–Trinajstić information content (AvgIpc) is 2.54. The summed E-state index contributed by atoms with van der Waals surface area (Å²) in [5, 5.41) is 0.503. The molecule has 1 amide bonds. The molecule has 0 unspecified atom stereocenters. The van der Waals surface area contributed by atoms with Crippen LogP contribution in [-0.4, -0.2) is 33.6 Å². The number of thioether (sulfide) groups is 1. The molecule has 0 bridgehead atoms. The number of benzene rings is 1. The molecule has 5 nitrogen and oxygen atoms in total. The quantitative estimate of drug-likeness (QED) is 0.619. The molecule has 1 aromatic carbocycles. The molecule has 0 saturated heterocycles. The van der Waals surface area contributed by atoms with Gasteiger partial charge >= 0.3 is 0 Å². The van der Waals surface area contributed by atoms with Gasteiger partial charge in [-0.05, 0) is 24.5 Å². The number of nitrogens with one attached hydrogen (secondary N) is 1. The molecular formula is C18H23N3O2S. The zero-order chi connectivity index (χ0) is 17.5. The van der Waals surface area contributed by atoms with Gasteiger partial charge in [0.05, 0.1) is 5.75 Å². The van der Waals surface area contributed by atoms with Gasteiger partial charge < -0.3 is 9.88 Å². The number of aromatic amines is 1. The maximum Gasteiger partial charge on any atom is 0.251 e. The van der Waals surface area contributed by atoms with Crippen molar-refractivity contribution < 1.29 is 4.79 Å². The third-order valence-corrected chi connectivity index (χ3v) is 4.56. The minimum atomic E-state index is -0.170. The van der Waals surface area contributed by atoms with E-state index in [4.69, 9.17) is 0 Å². The minimum Gasteiger partial charge on any atom is -0.341 e. The Hall–Kier alpha value is -2.08. The van der Waals surface area contributed by atoms with Crippen molar-refractivity contribution in [3.8, 4) is 0 Å². The van der Waals surface area contributed by atoms with Crippen LogP contribution < -0.4 is 5.56 Å². The lowest BCUT2D eigenvalue weighted by atomic mass is 10.1. The Labute approximate surface area is 146 Å². The fraction of sp³-hybridized carbons (Fsp3) is 0.389. The van der Waals surface area contributed by atoms with Crippen molar-refractivity contribution in [1.82, 2.24) is 14.9 Å². The first kappa shape index (κ1) is 18.3. The number of H-pyrrole nitrogens is 1. The van der Waals surface area contributed by atoms with Gasteiger partial charge in [-0.25, -0.2) is 4.98 Å². The number of aryl methyl sites for hydroxylation is 2. The third kappa shape index (κ3) is 5.23. The van der Waals surface area contributed by atoms with E-state index in [1.54, 1.807) is 11.9 Å². The van der Waals surface area contributed by atoms with Crippen LogP contribution in [0, 0.1) is 6.92 Å².